The number of hydrogen-bond acceptors (Lipinski definition) is 2. The summed E-state index contributed by atoms with van der Waals surface area (Å²) in [6.45, 7) is 0. The predicted molar refractivity (Wildman–Crippen MR) is 63.2 cm³/mol. The zero-order chi connectivity index (χ0) is 12.3. The van der Waals surface area contributed by atoms with Crippen LogP contribution in [0, 0.1) is 0 Å². The first kappa shape index (κ1) is 14.1. The topological polar surface area (TPSA) is 46.5 Å². The first-order valence-corrected chi connectivity index (χ1v) is 7.57. The summed E-state index contributed by atoms with van der Waals surface area (Å²) < 4.78 is 39.9. The van der Waals surface area contributed by atoms with Gasteiger partial charge >= 0.3 is 13.8 Å². The third kappa shape index (κ3) is 3.52. The fourth-order valence-electron chi connectivity index (χ4n) is 0.882. The Hall–Kier alpha value is 0.0300. The van der Waals surface area contributed by atoms with Gasteiger partial charge in [0, 0.05) is 5.33 Å². The van der Waals surface area contributed by atoms with E-state index < -0.39 is 13.8 Å². The average molecular weight is 380 g/mol. The summed E-state index contributed by atoms with van der Waals surface area (Å²) >= 11 is 6.28. The summed E-state index contributed by atoms with van der Waals surface area (Å²) in [7, 11) is -4.91. The van der Waals surface area contributed by atoms with E-state index in [1.54, 1.807) is 12.1 Å². The minimum atomic E-state index is -4.91. The second kappa shape index (κ2) is 5.58. The van der Waals surface area contributed by atoms with Crippen molar-refractivity contribution in [1.29, 1.82) is 0 Å². The molecule has 0 spiro atoms. The minimum Gasteiger partial charge on any atom is -0.420 e. The van der Waals surface area contributed by atoms with Gasteiger partial charge in [0.05, 0.1) is 4.47 Å². The molecule has 3 nitrogen and oxygen atoms in total. The summed E-state index contributed by atoms with van der Waals surface area (Å²) in [4.78, 5) is 8.85. The maximum atomic E-state index is 12.1. The molecule has 0 heterocycles. The molecule has 0 radical (unpaired) electrons. The summed E-state index contributed by atoms with van der Waals surface area (Å²) in [5, 5.41) is 0.581. The standard InChI is InChI=1S/C8H7Br2F2O3P/c9-4-5-1-2-7(6(10)3-5)15-16(13,14)8(11)12/h1-3,8H,4H2,(H,13,14). The second-order valence-corrected chi connectivity index (χ2v) is 5.95. The highest BCUT2D eigenvalue weighted by molar-refractivity contribution is 9.10. The number of benzene rings is 1. The molecule has 0 fully saturated rings. The maximum absolute atomic E-state index is 12.1. The monoisotopic (exact) mass is 378 g/mol. The SMILES string of the molecule is O=P(O)(Oc1ccc(CBr)cc1Br)C(F)F. The van der Waals surface area contributed by atoms with Gasteiger partial charge in [0.2, 0.25) is 0 Å². The maximum Gasteiger partial charge on any atom is 0.442 e. The fraction of sp³-hybridized carbons (Fsp3) is 0.250. The second-order valence-electron chi connectivity index (χ2n) is 2.83. The van der Waals surface area contributed by atoms with Crippen molar-refractivity contribution in [3.05, 3.63) is 28.2 Å². The molecule has 0 aliphatic carbocycles. The van der Waals surface area contributed by atoms with Crippen LogP contribution < -0.4 is 4.52 Å². The third-order valence-electron chi connectivity index (χ3n) is 1.63. The van der Waals surface area contributed by atoms with E-state index in [1.165, 1.54) is 6.07 Å². The van der Waals surface area contributed by atoms with Gasteiger partial charge in [-0.15, -0.1) is 0 Å². The van der Waals surface area contributed by atoms with Gasteiger partial charge < -0.3 is 9.42 Å². The van der Waals surface area contributed by atoms with Crippen LogP contribution in [0.5, 0.6) is 5.75 Å². The van der Waals surface area contributed by atoms with Crippen LogP contribution in [0.25, 0.3) is 0 Å². The van der Waals surface area contributed by atoms with Crippen LogP contribution >= 0.6 is 39.5 Å². The lowest BCUT2D eigenvalue weighted by atomic mass is 10.2. The molecule has 1 aromatic carbocycles. The normalized spacial score (nSPS) is 14.9. The lowest BCUT2D eigenvalue weighted by Gasteiger charge is -2.13. The molecule has 16 heavy (non-hydrogen) atoms. The molecular formula is C8H7Br2F2O3P. The van der Waals surface area contributed by atoms with Crippen LogP contribution in [0.3, 0.4) is 0 Å². The summed E-state index contributed by atoms with van der Waals surface area (Å²) in [5.41, 5.74) is 0.879. The number of halogens is 4. The van der Waals surface area contributed by atoms with E-state index in [1.807, 2.05) is 0 Å². The highest BCUT2D eigenvalue weighted by Gasteiger charge is 2.34. The lowest BCUT2D eigenvalue weighted by molar-refractivity contribution is 0.188. The van der Waals surface area contributed by atoms with Gasteiger partial charge in [0.15, 0.2) is 0 Å². The van der Waals surface area contributed by atoms with Crippen LogP contribution in [0.1, 0.15) is 5.56 Å². The van der Waals surface area contributed by atoms with Crippen LogP contribution in [0.2, 0.25) is 0 Å². The summed E-state index contributed by atoms with van der Waals surface area (Å²) in [6, 6.07) is 4.56. The molecule has 1 aromatic rings. The predicted octanol–water partition coefficient (Wildman–Crippen LogP) is 4.13. The third-order valence-corrected chi connectivity index (χ3v) is 3.85. The largest absolute Gasteiger partial charge is 0.442 e. The molecule has 0 aliphatic heterocycles. The molecule has 1 unspecified atom stereocenters. The van der Waals surface area contributed by atoms with Crippen LogP contribution in [-0.4, -0.2) is 11.1 Å². The molecule has 0 bridgehead atoms. The molecule has 8 heteroatoms. The smallest absolute Gasteiger partial charge is 0.420 e. The summed E-state index contributed by atoms with van der Waals surface area (Å²) in [5.74, 6) is -0.0872. The van der Waals surface area contributed by atoms with Crippen molar-refractivity contribution in [3.8, 4) is 5.75 Å². The molecule has 1 atom stereocenters. The lowest BCUT2D eigenvalue weighted by Crippen LogP contribution is -2.01. The van der Waals surface area contributed by atoms with Crippen molar-refractivity contribution in [2.75, 3.05) is 0 Å². The first-order chi connectivity index (χ1) is 7.36. The minimum absolute atomic E-state index is 0.0872. The molecular weight excluding hydrogens is 373 g/mol. The average Bonchev–Trinajstić information content (AvgIpc) is 2.20. The van der Waals surface area contributed by atoms with E-state index in [2.05, 4.69) is 36.4 Å². The molecule has 90 valence electrons. The van der Waals surface area contributed by atoms with Gasteiger partial charge in [-0.3, -0.25) is 0 Å². The Kier molecular flexibility index (Phi) is 4.91. The Balaban J connectivity index is 2.95. The zero-order valence-corrected chi connectivity index (χ0v) is 11.8. The van der Waals surface area contributed by atoms with Crippen molar-refractivity contribution in [2.45, 2.75) is 11.5 Å². The van der Waals surface area contributed by atoms with Gasteiger partial charge in [0.25, 0.3) is 0 Å². The Morgan fingerprint density at radius 3 is 2.56 bits per heavy atom. The van der Waals surface area contributed by atoms with Crippen molar-refractivity contribution in [3.63, 3.8) is 0 Å². The van der Waals surface area contributed by atoms with Crippen molar-refractivity contribution >= 4 is 39.5 Å². The molecule has 0 aromatic heterocycles. The number of rotatable bonds is 4. The van der Waals surface area contributed by atoms with Gasteiger partial charge in [0.1, 0.15) is 5.75 Å². The van der Waals surface area contributed by atoms with Gasteiger partial charge in [-0.1, -0.05) is 22.0 Å². The highest BCUT2D eigenvalue weighted by atomic mass is 79.9. The molecule has 1 rings (SSSR count). The van der Waals surface area contributed by atoms with Gasteiger partial charge in [-0.05, 0) is 33.6 Å². The van der Waals surface area contributed by atoms with Crippen LogP contribution in [0.15, 0.2) is 22.7 Å². The molecule has 0 saturated carbocycles. The van der Waals surface area contributed by atoms with E-state index in [-0.39, 0.29) is 5.75 Å². The van der Waals surface area contributed by atoms with E-state index in [0.29, 0.717) is 9.80 Å². The van der Waals surface area contributed by atoms with Crippen molar-refractivity contribution in [1.82, 2.24) is 0 Å². The Morgan fingerprint density at radius 2 is 2.12 bits per heavy atom. The van der Waals surface area contributed by atoms with E-state index in [9.17, 15) is 13.3 Å². The Morgan fingerprint density at radius 1 is 1.50 bits per heavy atom. The molecule has 1 N–H and O–H groups in total. The van der Waals surface area contributed by atoms with Crippen LogP contribution in [-0.2, 0) is 9.90 Å². The number of alkyl halides is 3. The van der Waals surface area contributed by atoms with Crippen molar-refractivity contribution in [2.24, 2.45) is 0 Å². The van der Waals surface area contributed by atoms with E-state index >= 15 is 0 Å². The van der Waals surface area contributed by atoms with E-state index in [4.69, 9.17) is 4.89 Å². The van der Waals surface area contributed by atoms with Gasteiger partial charge in [-0.25, -0.2) is 4.57 Å². The molecule has 0 aliphatic rings. The quantitative estimate of drug-likeness (QED) is 0.632. The van der Waals surface area contributed by atoms with Crippen LogP contribution in [0.4, 0.5) is 8.78 Å². The van der Waals surface area contributed by atoms with Crippen molar-refractivity contribution < 1.29 is 22.8 Å². The van der Waals surface area contributed by atoms with E-state index in [0.717, 1.165) is 5.56 Å². The zero-order valence-electron chi connectivity index (χ0n) is 7.74. The first-order valence-electron chi connectivity index (χ1n) is 4.01. The fourth-order valence-corrected chi connectivity index (χ4v) is 2.38. The highest BCUT2D eigenvalue weighted by Crippen LogP contribution is 2.50. The molecule has 0 saturated heterocycles. The Bertz CT molecular complexity index is 428. The number of hydrogen-bond donors (Lipinski definition) is 1. The molecule has 0 amide bonds. The van der Waals surface area contributed by atoms with Gasteiger partial charge in [-0.2, -0.15) is 8.78 Å². The Labute approximate surface area is 108 Å². The summed E-state index contributed by atoms with van der Waals surface area (Å²) in [6.07, 6.45) is -3.42.